The molecule has 17 heavy (non-hydrogen) atoms. The lowest BCUT2D eigenvalue weighted by Gasteiger charge is -2.22. The highest BCUT2D eigenvalue weighted by atomic mass is 19.1. The van der Waals surface area contributed by atoms with Crippen LogP contribution in [-0.2, 0) is 13.1 Å². The van der Waals surface area contributed by atoms with E-state index in [2.05, 4.69) is 27.4 Å². The van der Waals surface area contributed by atoms with E-state index in [0.29, 0.717) is 24.1 Å². The van der Waals surface area contributed by atoms with Gasteiger partial charge in [-0.2, -0.15) is 4.39 Å². The van der Waals surface area contributed by atoms with E-state index in [4.69, 9.17) is 0 Å². The van der Waals surface area contributed by atoms with Crippen LogP contribution in [0.3, 0.4) is 0 Å². The second-order valence-corrected chi connectivity index (χ2v) is 4.18. The maximum atomic E-state index is 13.1. The van der Waals surface area contributed by atoms with Crippen molar-refractivity contribution in [3.8, 4) is 11.5 Å². The summed E-state index contributed by atoms with van der Waals surface area (Å²) < 4.78 is 15.1. The average Bonchev–Trinajstić information content (AvgIpc) is 2.71. The number of halogens is 1. The van der Waals surface area contributed by atoms with Crippen LogP contribution in [0.25, 0.3) is 11.5 Å². The molecule has 0 saturated carbocycles. The SMILES string of the molecule is CC1Cn2c(nnc2-c2cccc(F)n2)CN1. The van der Waals surface area contributed by atoms with Gasteiger partial charge in [0.25, 0.3) is 0 Å². The van der Waals surface area contributed by atoms with Gasteiger partial charge in [-0.1, -0.05) is 6.07 Å². The first kappa shape index (κ1) is 10.3. The van der Waals surface area contributed by atoms with Gasteiger partial charge in [-0.25, -0.2) is 4.98 Å². The van der Waals surface area contributed by atoms with Crippen molar-refractivity contribution >= 4 is 0 Å². The zero-order chi connectivity index (χ0) is 11.8. The first-order valence-corrected chi connectivity index (χ1v) is 5.52. The monoisotopic (exact) mass is 233 g/mol. The Labute approximate surface area is 97.7 Å². The number of fused-ring (bicyclic) bond motifs is 1. The minimum atomic E-state index is -0.498. The highest BCUT2D eigenvalue weighted by molar-refractivity contribution is 5.49. The smallest absolute Gasteiger partial charge is 0.213 e. The summed E-state index contributed by atoms with van der Waals surface area (Å²) in [6, 6.07) is 5.05. The third-order valence-electron chi connectivity index (χ3n) is 2.84. The molecule has 3 rings (SSSR count). The number of pyridine rings is 1. The maximum absolute atomic E-state index is 13.1. The van der Waals surface area contributed by atoms with Crippen molar-refractivity contribution in [1.29, 1.82) is 0 Å². The Kier molecular flexibility index (Phi) is 2.36. The van der Waals surface area contributed by atoms with Crippen molar-refractivity contribution in [3.05, 3.63) is 30.0 Å². The highest BCUT2D eigenvalue weighted by Gasteiger charge is 2.21. The van der Waals surface area contributed by atoms with Crippen LogP contribution in [0.2, 0.25) is 0 Å². The number of hydrogen-bond acceptors (Lipinski definition) is 4. The summed E-state index contributed by atoms with van der Waals surface area (Å²) in [5.41, 5.74) is 0.526. The Morgan fingerprint density at radius 2 is 2.29 bits per heavy atom. The van der Waals surface area contributed by atoms with Gasteiger partial charge < -0.3 is 9.88 Å². The van der Waals surface area contributed by atoms with Crippen LogP contribution >= 0.6 is 0 Å². The fourth-order valence-electron chi connectivity index (χ4n) is 1.98. The van der Waals surface area contributed by atoms with E-state index in [9.17, 15) is 4.39 Å². The van der Waals surface area contributed by atoms with Gasteiger partial charge in [0.2, 0.25) is 5.95 Å². The molecule has 0 aromatic carbocycles. The van der Waals surface area contributed by atoms with Crippen molar-refractivity contribution in [2.75, 3.05) is 0 Å². The molecule has 1 aliphatic rings. The molecule has 0 aliphatic carbocycles. The lowest BCUT2D eigenvalue weighted by atomic mass is 10.2. The van der Waals surface area contributed by atoms with Crippen LogP contribution in [-0.4, -0.2) is 25.8 Å². The van der Waals surface area contributed by atoms with Gasteiger partial charge in [0.05, 0.1) is 6.54 Å². The first-order valence-electron chi connectivity index (χ1n) is 5.52. The van der Waals surface area contributed by atoms with Crippen molar-refractivity contribution in [2.45, 2.75) is 26.1 Å². The molecule has 0 radical (unpaired) electrons. The Hall–Kier alpha value is -1.82. The van der Waals surface area contributed by atoms with Crippen LogP contribution < -0.4 is 5.32 Å². The van der Waals surface area contributed by atoms with Gasteiger partial charge >= 0.3 is 0 Å². The number of nitrogens with zero attached hydrogens (tertiary/aromatic N) is 4. The van der Waals surface area contributed by atoms with Crippen molar-refractivity contribution in [3.63, 3.8) is 0 Å². The molecule has 0 fully saturated rings. The Balaban J connectivity index is 2.07. The summed E-state index contributed by atoms with van der Waals surface area (Å²) in [4.78, 5) is 3.84. The molecule has 1 N–H and O–H groups in total. The summed E-state index contributed by atoms with van der Waals surface area (Å²) in [5.74, 6) is 0.999. The van der Waals surface area contributed by atoms with E-state index in [1.165, 1.54) is 6.07 Å². The molecule has 2 aromatic heterocycles. The lowest BCUT2D eigenvalue weighted by molar-refractivity contribution is 0.411. The summed E-state index contributed by atoms with van der Waals surface area (Å²) in [6.07, 6.45) is 0. The molecule has 0 bridgehead atoms. The number of aromatic nitrogens is 4. The fraction of sp³-hybridized carbons (Fsp3) is 0.364. The Morgan fingerprint density at radius 1 is 1.41 bits per heavy atom. The molecule has 6 heteroatoms. The van der Waals surface area contributed by atoms with E-state index < -0.39 is 5.95 Å². The third kappa shape index (κ3) is 1.80. The minimum Gasteiger partial charge on any atom is -0.307 e. The average molecular weight is 233 g/mol. The van der Waals surface area contributed by atoms with E-state index in [1.54, 1.807) is 12.1 Å². The molecule has 1 unspecified atom stereocenters. The largest absolute Gasteiger partial charge is 0.307 e. The number of rotatable bonds is 1. The Bertz CT molecular complexity index is 551. The second kappa shape index (κ2) is 3.89. The summed E-state index contributed by atoms with van der Waals surface area (Å²) >= 11 is 0. The molecule has 1 atom stereocenters. The third-order valence-corrected chi connectivity index (χ3v) is 2.84. The Morgan fingerprint density at radius 3 is 3.12 bits per heavy atom. The van der Waals surface area contributed by atoms with E-state index >= 15 is 0 Å². The second-order valence-electron chi connectivity index (χ2n) is 4.18. The molecule has 88 valence electrons. The highest BCUT2D eigenvalue weighted by Crippen LogP contribution is 2.18. The lowest BCUT2D eigenvalue weighted by Crippen LogP contribution is -2.36. The van der Waals surface area contributed by atoms with Crippen LogP contribution in [0.4, 0.5) is 4.39 Å². The molecule has 3 heterocycles. The van der Waals surface area contributed by atoms with Crippen LogP contribution in [0, 0.1) is 5.95 Å². The van der Waals surface area contributed by atoms with E-state index in [-0.39, 0.29) is 0 Å². The summed E-state index contributed by atoms with van der Waals surface area (Å²) in [7, 11) is 0. The minimum absolute atomic E-state index is 0.353. The van der Waals surface area contributed by atoms with Gasteiger partial charge in [0.1, 0.15) is 11.5 Å². The van der Waals surface area contributed by atoms with Crippen molar-refractivity contribution in [2.24, 2.45) is 0 Å². The zero-order valence-corrected chi connectivity index (χ0v) is 9.39. The van der Waals surface area contributed by atoms with E-state index in [0.717, 1.165) is 12.4 Å². The number of nitrogens with one attached hydrogen (secondary N) is 1. The predicted octanol–water partition coefficient (Wildman–Crippen LogP) is 0.971. The van der Waals surface area contributed by atoms with Gasteiger partial charge in [0, 0.05) is 12.6 Å². The first-order chi connectivity index (χ1) is 8.24. The van der Waals surface area contributed by atoms with Gasteiger partial charge in [-0.3, -0.25) is 0 Å². The molecule has 0 saturated heterocycles. The fourth-order valence-corrected chi connectivity index (χ4v) is 1.98. The van der Waals surface area contributed by atoms with Crippen LogP contribution in [0.15, 0.2) is 18.2 Å². The van der Waals surface area contributed by atoms with Crippen molar-refractivity contribution < 1.29 is 4.39 Å². The molecule has 1 aliphatic heterocycles. The predicted molar refractivity (Wildman–Crippen MR) is 59.5 cm³/mol. The zero-order valence-electron chi connectivity index (χ0n) is 9.39. The quantitative estimate of drug-likeness (QED) is 0.746. The summed E-state index contributed by atoms with van der Waals surface area (Å²) in [6.45, 7) is 3.55. The van der Waals surface area contributed by atoms with Gasteiger partial charge in [-0.05, 0) is 19.1 Å². The van der Waals surface area contributed by atoms with E-state index in [1.807, 2.05) is 4.57 Å². The topological polar surface area (TPSA) is 55.6 Å². The van der Waals surface area contributed by atoms with Crippen LogP contribution in [0.5, 0.6) is 0 Å². The van der Waals surface area contributed by atoms with Gasteiger partial charge in [-0.15, -0.1) is 10.2 Å². The molecule has 2 aromatic rings. The molecule has 0 spiro atoms. The van der Waals surface area contributed by atoms with Crippen molar-refractivity contribution in [1.82, 2.24) is 25.1 Å². The normalized spacial score (nSPS) is 19.1. The standard InChI is InChI=1S/C11H12FN5/c1-7-6-17-10(5-13-7)15-16-11(17)8-3-2-4-9(12)14-8/h2-4,7,13H,5-6H2,1H3. The number of hydrogen-bond donors (Lipinski definition) is 1. The molecular weight excluding hydrogens is 221 g/mol. The molecule has 5 nitrogen and oxygen atoms in total. The maximum Gasteiger partial charge on any atom is 0.213 e. The van der Waals surface area contributed by atoms with Crippen LogP contribution in [0.1, 0.15) is 12.7 Å². The summed E-state index contributed by atoms with van der Waals surface area (Å²) in [5, 5.41) is 11.5. The van der Waals surface area contributed by atoms with Gasteiger partial charge in [0.15, 0.2) is 5.82 Å². The molecule has 0 amide bonds. The molecular formula is C11H12FN5.